The van der Waals surface area contributed by atoms with Gasteiger partial charge in [-0.1, -0.05) is 18.6 Å². The Balaban J connectivity index is 1.79. The SMILES string of the molecule is CN(C)C[C@@H]1CCC[C@H]1Nc1ncc(C(F)(F)F)c(-c2c[nH]c3c(P(C)(C)=O)cccc23)n1. The number of hydrogen-bond donors (Lipinski definition) is 2. The van der Waals surface area contributed by atoms with Gasteiger partial charge in [-0.05, 0) is 52.3 Å². The molecule has 1 aliphatic rings. The molecule has 178 valence electrons. The molecule has 33 heavy (non-hydrogen) atoms. The van der Waals surface area contributed by atoms with Crippen molar-refractivity contribution in [3.8, 4) is 11.3 Å². The molecular weight excluding hydrogens is 450 g/mol. The topological polar surface area (TPSA) is 73.9 Å². The number of rotatable bonds is 6. The smallest absolute Gasteiger partial charge is 0.360 e. The predicted molar refractivity (Wildman–Crippen MR) is 127 cm³/mol. The molecule has 0 spiro atoms. The van der Waals surface area contributed by atoms with Gasteiger partial charge in [0.15, 0.2) is 0 Å². The number of aromatic amines is 1. The molecule has 1 fully saturated rings. The van der Waals surface area contributed by atoms with E-state index in [0.29, 0.717) is 27.7 Å². The average Bonchev–Trinajstić information content (AvgIpc) is 3.32. The van der Waals surface area contributed by atoms with Crippen LogP contribution in [0.2, 0.25) is 0 Å². The number of fused-ring (bicyclic) bond motifs is 1. The molecule has 0 aliphatic heterocycles. The van der Waals surface area contributed by atoms with E-state index in [2.05, 4.69) is 25.2 Å². The minimum Gasteiger partial charge on any atom is -0.360 e. The Morgan fingerprint density at radius 1 is 1.24 bits per heavy atom. The summed E-state index contributed by atoms with van der Waals surface area (Å²) < 4.78 is 54.4. The lowest BCUT2D eigenvalue weighted by atomic mass is 10.0. The highest BCUT2D eigenvalue weighted by Gasteiger charge is 2.37. The highest BCUT2D eigenvalue weighted by molar-refractivity contribution is 7.70. The van der Waals surface area contributed by atoms with E-state index in [9.17, 15) is 17.7 Å². The first-order valence-corrected chi connectivity index (χ1v) is 13.6. The van der Waals surface area contributed by atoms with Crippen molar-refractivity contribution in [1.29, 1.82) is 0 Å². The Hall–Kier alpha value is -2.38. The van der Waals surface area contributed by atoms with Crippen molar-refractivity contribution >= 4 is 29.3 Å². The van der Waals surface area contributed by atoms with Crippen LogP contribution >= 0.6 is 7.14 Å². The van der Waals surface area contributed by atoms with Crippen LogP contribution in [0.4, 0.5) is 19.1 Å². The predicted octanol–water partition coefficient (Wildman–Crippen LogP) is 5.03. The molecule has 1 saturated carbocycles. The fraction of sp³-hybridized carbons (Fsp3) is 0.478. The van der Waals surface area contributed by atoms with Crippen LogP contribution in [0.1, 0.15) is 24.8 Å². The molecule has 4 rings (SSSR count). The van der Waals surface area contributed by atoms with Gasteiger partial charge in [0.25, 0.3) is 0 Å². The minimum absolute atomic E-state index is 0.109. The number of hydrogen-bond acceptors (Lipinski definition) is 5. The molecule has 2 heterocycles. The van der Waals surface area contributed by atoms with E-state index >= 15 is 0 Å². The number of aromatic nitrogens is 3. The summed E-state index contributed by atoms with van der Waals surface area (Å²) in [5.41, 5.74) is -0.197. The maximum absolute atomic E-state index is 13.9. The van der Waals surface area contributed by atoms with E-state index in [1.165, 1.54) is 6.20 Å². The van der Waals surface area contributed by atoms with E-state index in [0.717, 1.165) is 32.0 Å². The van der Waals surface area contributed by atoms with Crippen LogP contribution in [0.25, 0.3) is 22.2 Å². The highest BCUT2D eigenvalue weighted by atomic mass is 31.2. The van der Waals surface area contributed by atoms with Gasteiger partial charge in [0.2, 0.25) is 5.95 Å². The van der Waals surface area contributed by atoms with Crippen LogP contribution in [0.15, 0.2) is 30.6 Å². The summed E-state index contributed by atoms with van der Waals surface area (Å²) in [6.45, 7) is 4.17. The second kappa shape index (κ2) is 8.76. The molecule has 6 nitrogen and oxygen atoms in total. The van der Waals surface area contributed by atoms with Crippen LogP contribution in [-0.2, 0) is 10.7 Å². The lowest BCUT2D eigenvalue weighted by Crippen LogP contribution is -2.32. The second-order valence-electron chi connectivity index (χ2n) is 9.41. The Labute approximate surface area is 191 Å². The molecule has 1 aromatic carbocycles. The van der Waals surface area contributed by atoms with Crippen molar-refractivity contribution in [2.45, 2.75) is 31.5 Å². The standard InChI is InChI=1S/C23H29F3N5OP/c1-31(2)13-14-7-5-9-18(14)29-22-28-12-17(23(24,25)26)20(30-22)16-11-27-21-15(16)8-6-10-19(21)33(3,4)32/h6,8,10-12,14,18,27H,5,7,9,13H2,1-4H3,(H,28,29,30)/t14-,18+/m0/s1. The Morgan fingerprint density at radius 3 is 2.67 bits per heavy atom. The number of benzene rings is 1. The molecule has 2 N–H and O–H groups in total. The highest BCUT2D eigenvalue weighted by Crippen LogP contribution is 2.42. The zero-order chi connectivity index (χ0) is 24.0. The van der Waals surface area contributed by atoms with E-state index in [-0.39, 0.29) is 17.7 Å². The summed E-state index contributed by atoms with van der Waals surface area (Å²) in [4.78, 5) is 13.5. The first-order valence-electron chi connectivity index (χ1n) is 11.0. The molecule has 0 bridgehead atoms. The van der Waals surface area contributed by atoms with Gasteiger partial charge in [-0.15, -0.1) is 0 Å². The third-order valence-corrected chi connectivity index (χ3v) is 7.73. The van der Waals surface area contributed by atoms with Crippen molar-refractivity contribution in [1.82, 2.24) is 19.9 Å². The summed E-state index contributed by atoms with van der Waals surface area (Å²) in [6, 6.07) is 5.29. The summed E-state index contributed by atoms with van der Waals surface area (Å²) in [5.74, 6) is 0.573. The van der Waals surface area contributed by atoms with Crippen molar-refractivity contribution in [2.75, 3.05) is 39.3 Å². The molecule has 1 aliphatic carbocycles. The normalized spacial score (nSPS) is 19.5. The summed E-state index contributed by atoms with van der Waals surface area (Å²) in [5, 5.41) is 4.45. The first-order chi connectivity index (χ1) is 15.4. The van der Waals surface area contributed by atoms with Crippen LogP contribution in [-0.4, -0.2) is 59.9 Å². The van der Waals surface area contributed by atoms with Gasteiger partial charge in [0, 0.05) is 41.2 Å². The lowest BCUT2D eigenvalue weighted by Gasteiger charge is -2.24. The fourth-order valence-electron chi connectivity index (χ4n) is 4.73. The van der Waals surface area contributed by atoms with Gasteiger partial charge in [-0.3, -0.25) is 0 Å². The third-order valence-electron chi connectivity index (χ3n) is 6.20. The lowest BCUT2D eigenvalue weighted by molar-refractivity contribution is -0.137. The van der Waals surface area contributed by atoms with E-state index < -0.39 is 18.9 Å². The Bertz CT molecular complexity index is 1200. The number of para-hydroxylation sites is 1. The third kappa shape index (κ3) is 4.94. The Morgan fingerprint density at radius 2 is 2.00 bits per heavy atom. The molecule has 0 saturated heterocycles. The van der Waals surface area contributed by atoms with Crippen molar-refractivity contribution in [2.24, 2.45) is 5.92 Å². The van der Waals surface area contributed by atoms with Crippen LogP contribution in [0.5, 0.6) is 0 Å². The Kier molecular flexibility index (Phi) is 6.31. The number of nitrogens with one attached hydrogen (secondary N) is 2. The van der Waals surface area contributed by atoms with Gasteiger partial charge in [0.05, 0.1) is 11.2 Å². The molecular formula is C23H29F3N5OP. The summed E-state index contributed by atoms with van der Waals surface area (Å²) in [6.07, 6.45) is 0.798. The fourth-order valence-corrected chi connectivity index (χ4v) is 5.90. The number of H-pyrrole nitrogens is 1. The number of nitrogens with zero attached hydrogens (tertiary/aromatic N) is 3. The van der Waals surface area contributed by atoms with E-state index in [4.69, 9.17) is 0 Å². The largest absolute Gasteiger partial charge is 0.419 e. The van der Waals surface area contributed by atoms with Gasteiger partial charge >= 0.3 is 6.18 Å². The zero-order valence-corrected chi connectivity index (χ0v) is 20.1. The molecule has 3 aromatic rings. The van der Waals surface area contributed by atoms with Crippen LogP contribution < -0.4 is 10.6 Å². The molecule has 2 atom stereocenters. The molecule has 10 heteroatoms. The first kappa shape index (κ1) is 23.8. The van der Waals surface area contributed by atoms with Gasteiger partial charge in [-0.25, -0.2) is 9.97 Å². The number of alkyl halides is 3. The number of anilines is 1. The number of halogens is 3. The maximum Gasteiger partial charge on any atom is 0.419 e. The summed E-state index contributed by atoms with van der Waals surface area (Å²) in [7, 11) is 1.39. The molecule has 0 unspecified atom stereocenters. The maximum atomic E-state index is 13.9. The van der Waals surface area contributed by atoms with Crippen molar-refractivity contribution in [3.05, 3.63) is 36.2 Å². The monoisotopic (exact) mass is 479 g/mol. The molecule has 0 amide bonds. The van der Waals surface area contributed by atoms with E-state index in [1.807, 2.05) is 14.1 Å². The molecule has 2 aromatic heterocycles. The quantitative estimate of drug-likeness (QED) is 0.485. The van der Waals surface area contributed by atoms with Crippen LogP contribution in [0.3, 0.4) is 0 Å². The van der Waals surface area contributed by atoms with Gasteiger partial charge in [-0.2, -0.15) is 13.2 Å². The zero-order valence-electron chi connectivity index (χ0n) is 19.2. The van der Waals surface area contributed by atoms with Crippen LogP contribution in [0, 0.1) is 5.92 Å². The van der Waals surface area contributed by atoms with Gasteiger partial charge in [0.1, 0.15) is 12.7 Å². The van der Waals surface area contributed by atoms with E-state index in [1.54, 1.807) is 31.5 Å². The average molecular weight is 479 g/mol. The van der Waals surface area contributed by atoms with Crippen molar-refractivity contribution in [3.63, 3.8) is 0 Å². The second-order valence-corrected chi connectivity index (χ2v) is 12.6. The molecule has 0 radical (unpaired) electrons. The minimum atomic E-state index is -4.61. The summed E-state index contributed by atoms with van der Waals surface area (Å²) >= 11 is 0. The van der Waals surface area contributed by atoms with Crippen molar-refractivity contribution < 1.29 is 17.7 Å². The van der Waals surface area contributed by atoms with Gasteiger partial charge < -0.3 is 19.8 Å².